The maximum Gasteiger partial charge on any atom is 0.119 e. The van der Waals surface area contributed by atoms with Crippen molar-refractivity contribution >= 4 is 0 Å². The third-order valence-corrected chi connectivity index (χ3v) is 5.04. The first-order valence-electron chi connectivity index (χ1n) is 10.0. The largest absolute Gasteiger partial charge is 0.491 e. The predicted octanol–water partition coefficient (Wildman–Crippen LogP) is 3.54. The van der Waals surface area contributed by atoms with Crippen LogP contribution in [0, 0.1) is 0 Å². The molecule has 1 aliphatic rings. The topological polar surface area (TPSA) is 35.9 Å². The number of nitrogens with zero attached hydrogens (tertiary/aromatic N) is 2. The summed E-state index contributed by atoms with van der Waals surface area (Å²) >= 11 is 0. The first-order chi connectivity index (χ1) is 13.2. The Labute approximate surface area is 163 Å². The Morgan fingerprint density at radius 1 is 0.963 bits per heavy atom. The number of piperidine rings is 1. The highest BCUT2D eigenvalue weighted by molar-refractivity contribution is 5.27. The van der Waals surface area contributed by atoms with Crippen LogP contribution in [0.1, 0.15) is 30.4 Å². The third kappa shape index (κ3) is 6.98. The van der Waals surface area contributed by atoms with Gasteiger partial charge in [0.15, 0.2) is 0 Å². The summed E-state index contributed by atoms with van der Waals surface area (Å²) in [6.45, 7) is 5.16. The van der Waals surface area contributed by atoms with Gasteiger partial charge in [0.1, 0.15) is 18.5 Å². The Morgan fingerprint density at radius 2 is 1.67 bits per heavy atom. The van der Waals surface area contributed by atoms with Crippen molar-refractivity contribution in [2.45, 2.75) is 38.5 Å². The molecule has 4 heteroatoms. The van der Waals surface area contributed by atoms with Crippen molar-refractivity contribution in [3.8, 4) is 5.75 Å². The molecule has 0 amide bonds. The lowest BCUT2D eigenvalue weighted by atomic mass is 10.1. The summed E-state index contributed by atoms with van der Waals surface area (Å²) in [6.07, 6.45) is 3.49. The van der Waals surface area contributed by atoms with Crippen LogP contribution in [0.15, 0.2) is 54.6 Å². The van der Waals surface area contributed by atoms with E-state index >= 15 is 0 Å². The summed E-state index contributed by atoms with van der Waals surface area (Å²) in [5.74, 6) is 0.821. The van der Waals surface area contributed by atoms with Gasteiger partial charge < -0.3 is 9.84 Å². The first-order valence-corrected chi connectivity index (χ1v) is 10.0. The molecule has 2 aromatic carbocycles. The van der Waals surface area contributed by atoms with Crippen molar-refractivity contribution < 1.29 is 9.84 Å². The van der Waals surface area contributed by atoms with Crippen LogP contribution in [-0.4, -0.2) is 54.3 Å². The fourth-order valence-corrected chi connectivity index (χ4v) is 3.63. The Bertz CT molecular complexity index is 654. The van der Waals surface area contributed by atoms with Gasteiger partial charge in [0.2, 0.25) is 0 Å². The van der Waals surface area contributed by atoms with Gasteiger partial charge in [-0.3, -0.25) is 9.80 Å². The quantitative estimate of drug-likeness (QED) is 0.734. The normalized spacial score (nSPS) is 16.4. The van der Waals surface area contributed by atoms with Gasteiger partial charge in [-0.15, -0.1) is 0 Å². The van der Waals surface area contributed by atoms with Gasteiger partial charge in [-0.1, -0.05) is 48.9 Å². The fourth-order valence-electron chi connectivity index (χ4n) is 3.63. The summed E-state index contributed by atoms with van der Waals surface area (Å²) in [6, 6.07) is 18.6. The maximum atomic E-state index is 10.3. The molecule has 1 atom stereocenters. The van der Waals surface area contributed by atoms with E-state index in [4.69, 9.17) is 4.74 Å². The van der Waals surface area contributed by atoms with Crippen molar-refractivity contribution in [2.75, 3.05) is 33.3 Å². The average molecular weight is 369 g/mol. The van der Waals surface area contributed by atoms with Crippen LogP contribution >= 0.6 is 0 Å². The molecule has 4 nitrogen and oxygen atoms in total. The van der Waals surface area contributed by atoms with Crippen molar-refractivity contribution in [1.29, 1.82) is 0 Å². The molecule has 0 radical (unpaired) electrons. The van der Waals surface area contributed by atoms with Crippen LogP contribution in [0.25, 0.3) is 0 Å². The van der Waals surface area contributed by atoms with Gasteiger partial charge in [-0.25, -0.2) is 0 Å². The monoisotopic (exact) mass is 368 g/mol. The molecule has 27 heavy (non-hydrogen) atoms. The van der Waals surface area contributed by atoms with Crippen LogP contribution in [0.4, 0.5) is 0 Å². The molecule has 0 spiro atoms. The number of hydrogen-bond donors (Lipinski definition) is 1. The number of ether oxygens (including phenoxy) is 1. The number of likely N-dealkylation sites (tertiary alicyclic amines) is 1. The Morgan fingerprint density at radius 3 is 2.37 bits per heavy atom. The zero-order valence-corrected chi connectivity index (χ0v) is 16.4. The molecule has 1 unspecified atom stereocenters. The summed E-state index contributed by atoms with van der Waals surface area (Å²) < 4.78 is 5.77. The number of aliphatic hydroxyl groups is 1. The Balaban J connectivity index is 1.38. The minimum Gasteiger partial charge on any atom is -0.491 e. The molecule has 0 aromatic heterocycles. The van der Waals surface area contributed by atoms with Crippen molar-refractivity contribution in [3.05, 3.63) is 65.7 Å². The first kappa shape index (κ1) is 19.9. The van der Waals surface area contributed by atoms with Crippen LogP contribution in [-0.2, 0) is 13.1 Å². The molecule has 1 saturated heterocycles. The second-order valence-corrected chi connectivity index (χ2v) is 7.63. The van der Waals surface area contributed by atoms with E-state index < -0.39 is 6.10 Å². The molecule has 1 N–H and O–H groups in total. The van der Waals surface area contributed by atoms with Gasteiger partial charge >= 0.3 is 0 Å². The SMILES string of the molecule is CN(Cc1ccccc1)CC(O)COc1ccc(CN2CCCCC2)cc1. The van der Waals surface area contributed by atoms with Gasteiger partial charge in [0, 0.05) is 19.6 Å². The standard InChI is InChI=1S/C23H32N2O2/c1-24(16-20-8-4-2-5-9-20)18-22(26)19-27-23-12-10-21(11-13-23)17-25-14-6-3-7-15-25/h2,4-5,8-13,22,26H,3,6-7,14-19H2,1H3. The van der Waals surface area contributed by atoms with Crippen molar-refractivity contribution in [1.82, 2.24) is 9.80 Å². The minimum atomic E-state index is -0.508. The summed E-state index contributed by atoms with van der Waals surface area (Å²) in [5, 5.41) is 10.3. The zero-order valence-electron chi connectivity index (χ0n) is 16.4. The van der Waals surface area contributed by atoms with Crippen molar-refractivity contribution in [3.63, 3.8) is 0 Å². The Kier molecular flexibility index (Phi) is 7.69. The highest BCUT2D eigenvalue weighted by Gasteiger charge is 2.11. The summed E-state index contributed by atoms with van der Waals surface area (Å²) in [5.41, 5.74) is 2.57. The number of hydrogen-bond acceptors (Lipinski definition) is 4. The minimum absolute atomic E-state index is 0.310. The second-order valence-electron chi connectivity index (χ2n) is 7.63. The molecule has 146 valence electrons. The fraction of sp³-hybridized carbons (Fsp3) is 0.478. The van der Waals surface area contributed by atoms with Gasteiger partial charge in [-0.05, 0) is 56.2 Å². The van der Waals surface area contributed by atoms with Crippen LogP contribution in [0.3, 0.4) is 0 Å². The van der Waals surface area contributed by atoms with E-state index in [2.05, 4.69) is 34.1 Å². The van der Waals surface area contributed by atoms with Crippen LogP contribution in [0.5, 0.6) is 5.75 Å². The molecular weight excluding hydrogens is 336 g/mol. The highest BCUT2D eigenvalue weighted by atomic mass is 16.5. The predicted molar refractivity (Wildman–Crippen MR) is 110 cm³/mol. The number of likely N-dealkylation sites (N-methyl/N-ethyl adjacent to an activating group) is 1. The van der Waals surface area contributed by atoms with E-state index in [0.29, 0.717) is 13.2 Å². The number of rotatable bonds is 9. The molecule has 1 fully saturated rings. The zero-order chi connectivity index (χ0) is 18.9. The van der Waals surface area contributed by atoms with Gasteiger partial charge in [-0.2, -0.15) is 0 Å². The smallest absolute Gasteiger partial charge is 0.119 e. The van der Waals surface area contributed by atoms with E-state index in [9.17, 15) is 5.11 Å². The second kappa shape index (κ2) is 10.5. The molecule has 0 saturated carbocycles. The summed E-state index contributed by atoms with van der Waals surface area (Å²) in [7, 11) is 2.02. The molecule has 2 aromatic rings. The average Bonchev–Trinajstić information content (AvgIpc) is 2.69. The lowest BCUT2D eigenvalue weighted by Gasteiger charge is -2.26. The lowest BCUT2D eigenvalue weighted by Crippen LogP contribution is -2.32. The molecule has 0 aliphatic carbocycles. The van der Waals surface area contributed by atoms with E-state index in [-0.39, 0.29) is 0 Å². The molecule has 0 bridgehead atoms. The van der Waals surface area contributed by atoms with E-state index in [1.54, 1.807) is 0 Å². The highest BCUT2D eigenvalue weighted by Crippen LogP contribution is 2.16. The van der Waals surface area contributed by atoms with E-state index in [1.807, 2.05) is 37.4 Å². The van der Waals surface area contributed by atoms with E-state index in [1.165, 1.54) is 43.5 Å². The summed E-state index contributed by atoms with van der Waals surface area (Å²) in [4.78, 5) is 4.64. The third-order valence-electron chi connectivity index (χ3n) is 5.04. The number of aliphatic hydroxyl groups excluding tert-OH is 1. The van der Waals surface area contributed by atoms with Gasteiger partial charge in [0.05, 0.1) is 0 Å². The van der Waals surface area contributed by atoms with Crippen LogP contribution in [0.2, 0.25) is 0 Å². The van der Waals surface area contributed by atoms with Crippen molar-refractivity contribution in [2.24, 2.45) is 0 Å². The number of benzene rings is 2. The maximum absolute atomic E-state index is 10.3. The molecule has 1 heterocycles. The van der Waals surface area contributed by atoms with Gasteiger partial charge in [0.25, 0.3) is 0 Å². The molecule has 3 rings (SSSR count). The molecular formula is C23H32N2O2. The Hall–Kier alpha value is -1.88. The lowest BCUT2D eigenvalue weighted by molar-refractivity contribution is 0.0744. The molecule has 1 aliphatic heterocycles. The van der Waals surface area contributed by atoms with Crippen LogP contribution < -0.4 is 4.74 Å². The van der Waals surface area contributed by atoms with E-state index in [0.717, 1.165) is 18.8 Å².